The highest BCUT2D eigenvalue weighted by atomic mass is 16.6. The van der Waals surface area contributed by atoms with E-state index in [-0.39, 0.29) is 22.6 Å². The molecule has 0 saturated carbocycles. The Morgan fingerprint density at radius 1 is 0.970 bits per heavy atom. The largest absolute Gasteiger partial charge is 0.305 e. The number of hydrogen-bond donors (Lipinski definition) is 0. The summed E-state index contributed by atoms with van der Waals surface area (Å²) in [5.41, 5.74) is 4.91. The average molecular weight is 444 g/mol. The van der Waals surface area contributed by atoms with E-state index >= 15 is 0 Å². The number of carbonyl (C=O) groups excluding carboxylic acids is 1. The summed E-state index contributed by atoms with van der Waals surface area (Å²) in [6, 6.07) is 22.8. The number of carbonyl (C=O) groups is 1. The molecule has 0 spiro atoms. The fourth-order valence-electron chi connectivity index (χ4n) is 4.48. The second kappa shape index (κ2) is 9.96. The molecule has 0 radical (unpaired) electrons. The van der Waals surface area contributed by atoms with Gasteiger partial charge in [-0.3, -0.25) is 19.8 Å². The van der Waals surface area contributed by atoms with Crippen molar-refractivity contribution in [1.82, 2.24) is 4.90 Å². The summed E-state index contributed by atoms with van der Waals surface area (Å²) < 4.78 is 0. The molecule has 6 nitrogen and oxygen atoms in total. The SMILES string of the molecule is Cc1ccc(N(C(=O)c2cccc(C)c2)C2CCN(Cc3cccc([N+](=O)[O-])c3)CC2)cc1. The number of rotatable bonds is 6. The van der Waals surface area contributed by atoms with Gasteiger partial charge in [0.05, 0.1) is 4.92 Å². The van der Waals surface area contributed by atoms with Crippen molar-refractivity contribution in [2.75, 3.05) is 18.0 Å². The molecule has 0 aromatic heterocycles. The van der Waals surface area contributed by atoms with Gasteiger partial charge in [-0.15, -0.1) is 0 Å². The van der Waals surface area contributed by atoms with Gasteiger partial charge in [0.2, 0.25) is 0 Å². The topological polar surface area (TPSA) is 66.7 Å². The smallest absolute Gasteiger partial charge is 0.269 e. The zero-order valence-electron chi connectivity index (χ0n) is 19.1. The highest BCUT2D eigenvalue weighted by molar-refractivity contribution is 6.06. The fraction of sp³-hybridized carbons (Fsp3) is 0.296. The van der Waals surface area contributed by atoms with Crippen LogP contribution in [0.1, 0.15) is 39.9 Å². The number of amides is 1. The number of likely N-dealkylation sites (tertiary alicyclic amines) is 1. The van der Waals surface area contributed by atoms with E-state index in [9.17, 15) is 14.9 Å². The first-order valence-electron chi connectivity index (χ1n) is 11.3. The molecule has 33 heavy (non-hydrogen) atoms. The molecule has 1 fully saturated rings. The number of anilines is 1. The molecular weight excluding hydrogens is 414 g/mol. The van der Waals surface area contributed by atoms with Crippen molar-refractivity contribution in [3.05, 3.63) is 105 Å². The van der Waals surface area contributed by atoms with Gasteiger partial charge >= 0.3 is 0 Å². The van der Waals surface area contributed by atoms with Crippen LogP contribution in [-0.2, 0) is 6.54 Å². The maximum absolute atomic E-state index is 13.6. The van der Waals surface area contributed by atoms with E-state index in [0.29, 0.717) is 12.1 Å². The quantitative estimate of drug-likeness (QED) is 0.371. The summed E-state index contributed by atoms with van der Waals surface area (Å²) in [6.07, 6.45) is 1.70. The van der Waals surface area contributed by atoms with Gasteiger partial charge in [-0.05, 0) is 56.5 Å². The van der Waals surface area contributed by atoms with E-state index in [0.717, 1.165) is 48.3 Å². The van der Waals surface area contributed by atoms with Crippen molar-refractivity contribution in [3.8, 4) is 0 Å². The van der Waals surface area contributed by atoms with E-state index in [1.165, 1.54) is 6.07 Å². The molecule has 1 aliphatic rings. The molecule has 3 aromatic carbocycles. The summed E-state index contributed by atoms with van der Waals surface area (Å²) in [6.45, 7) is 6.38. The van der Waals surface area contributed by atoms with E-state index in [4.69, 9.17) is 0 Å². The summed E-state index contributed by atoms with van der Waals surface area (Å²) in [7, 11) is 0. The summed E-state index contributed by atoms with van der Waals surface area (Å²) >= 11 is 0. The third-order valence-electron chi connectivity index (χ3n) is 6.25. The predicted molar refractivity (Wildman–Crippen MR) is 131 cm³/mol. The molecule has 3 aromatic rings. The van der Waals surface area contributed by atoms with Gasteiger partial charge < -0.3 is 4.90 Å². The van der Waals surface area contributed by atoms with Crippen LogP contribution in [0, 0.1) is 24.0 Å². The van der Waals surface area contributed by atoms with Crippen molar-refractivity contribution in [1.29, 1.82) is 0 Å². The monoisotopic (exact) mass is 443 g/mol. The zero-order chi connectivity index (χ0) is 23.4. The van der Waals surface area contributed by atoms with Crippen LogP contribution in [0.4, 0.5) is 11.4 Å². The third kappa shape index (κ3) is 5.46. The van der Waals surface area contributed by atoms with Gasteiger partial charge in [0, 0.05) is 49.1 Å². The van der Waals surface area contributed by atoms with Crippen LogP contribution in [0.5, 0.6) is 0 Å². The molecule has 170 valence electrons. The Kier molecular flexibility index (Phi) is 6.84. The molecule has 1 aliphatic heterocycles. The highest BCUT2D eigenvalue weighted by Gasteiger charge is 2.30. The first-order valence-corrected chi connectivity index (χ1v) is 11.3. The minimum Gasteiger partial charge on any atom is -0.305 e. The number of nitro groups is 1. The van der Waals surface area contributed by atoms with Gasteiger partial charge in [0.15, 0.2) is 0 Å². The van der Waals surface area contributed by atoms with Gasteiger partial charge in [-0.2, -0.15) is 0 Å². The van der Waals surface area contributed by atoms with Crippen LogP contribution >= 0.6 is 0 Å². The first kappa shape index (κ1) is 22.7. The molecule has 0 bridgehead atoms. The van der Waals surface area contributed by atoms with Crippen molar-refractivity contribution in [2.24, 2.45) is 0 Å². The lowest BCUT2D eigenvalue weighted by atomic mass is 9.99. The number of benzene rings is 3. The van der Waals surface area contributed by atoms with Crippen molar-refractivity contribution in [2.45, 2.75) is 39.3 Å². The van der Waals surface area contributed by atoms with Crippen molar-refractivity contribution in [3.63, 3.8) is 0 Å². The van der Waals surface area contributed by atoms with Crippen LogP contribution in [-0.4, -0.2) is 34.9 Å². The molecule has 0 aliphatic carbocycles. The van der Waals surface area contributed by atoms with Crippen molar-refractivity contribution < 1.29 is 9.72 Å². The van der Waals surface area contributed by atoms with Crippen LogP contribution in [0.3, 0.4) is 0 Å². The third-order valence-corrected chi connectivity index (χ3v) is 6.25. The maximum Gasteiger partial charge on any atom is 0.269 e. The molecular formula is C27H29N3O3. The van der Waals surface area contributed by atoms with Crippen LogP contribution in [0.2, 0.25) is 0 Å². The maximum atomic E-state index is 13.6. The number of hydrogen-bond acceptors (Lipinski definition) is 4. The minimum absolute atomic E-state index is 0.0275. The van der Waals surface area contributed by atoms with Gasteiger partial charge in [-0.25, -0.2) is 0 Å². The Labute approximate surface area is 194 Å². The Balaban J connectivity index is 1.50. The van der Waals surface area contributed by atoms with E-state index in [2.05, 4.69) is 4.90 Å². The first-order chi connectivity index (χ1) is 15.9. The normalized spacial score (nSPS) is 14.7. The Bertz CT molecular complexity index is 1140. The second-order valence-electron chi connectivity index (χ2n) is 8.81. The summed E-state index contributed by atoms with van der Waals surface area (Å²) in [5, 5.41) is 11.1. The van der Waals surface area contributed by atoms with Crippen LogP contribution in [0.15, 0.2) is 72.8 Å². The molecule has 0 N–H and O–H groups in total. The number of aryl methyl sites for hydroxylation is 2. The Morgan fingerprint density at radius 3 is 2.33 bits per heavy atom. The second-order valence-corrected chi connectivity index (χ2v) is 8.81. The van der Waals surface area contributed by atoms with Crippen LogP contribution < -0.4 is 4.90 Å². The Hall–Kier alpha value is -3.51. The van der Waals surface area contributed by atoms with Gasteiger partial charge in [0.1, 0.15) is 0 Å². The van der Waals surface area contributed by atoms with Crippen molar-refractivity contribution >= 4 is 17.3 Å². The average Bonchev–Trinajstić information content (AvgIpc) is 2.81. The molecule has 1 saturated heterocycles. The van der Waals surface area contributed by atoms with E-state index < -0.39 is 0 Å². The fourth-order valence-corrected chi connectivity index (χ4v) is 4.48. The zero-order valence-corrected chi connectivity index (χ0v) is 19.1. The lowest BCUT2D eigenvalue weighted by molar-refractivity contribution is -0.384. The van der Waals surface area contributed by atoms with E-state index in [1.54, 1.807) is 12.1 Å². The lowest BCUT2D eigenvalue weighted by Crippen LogP contribution is -2.47. The molecule has 1 amide bonds. The highest BCUT2D eigenvalue weighted by Crippen LogP contribution is 2.27. The Morgan fingerprint density at radius 2 is 1.67 bits per heavy atom. The predicted octanol–water partition coefficient (Wildman–Crippen LogP) is 5.52. The summed E-state index contributed by atoms with van der Waals surface area (Å²) in [4.78, 5) is 28.6. The number of nitrogens with zero attached hydrogens (tertiary/aromatic N) is 3. The van der Waals surface area contributed by atoms with E-state index in [1.807, 2.05) is 73.3 Å². The minimum atomic E-state index is -0.355. The summed E-state index contributed by atoms with van der Waals surface area (Å²) in [5.74, 6) is 0.0275. The van der Waals surface area contributed by atoms with Crippen LogP contribution in [0.25, 0.3) is 0 Å². The number of piperidine rings is 1. The number of non-ortho nitro benzene ring substituents is 1. The molecule has 4 rings (SSSR count). The van der Waals surface area contributed by atoms with Gasteiger partial charge in [-0.1, -0.05) is 47.5 Å². The lowest BCUT2D eigenvalue weighted by Gasteiger charge is -2.38. The molecule has 0 unspecified atom stereocenters. The molecule has 6 heteroatoms. The standard InChI is InChI=1S/C27H29N3O3/c1-20-9-11-24(12-10-20)29(27(31)23-7-3-5-21(2)17-23)25-13-15-28(16-14-25)19-22-6-4-8-26(18-22)30(32)33/h3-12,17-18,25H,13-16,19H2,1-2H3. The van der Waals surface area contributed by atoms with Gasteiger partial charge in [0.25, 0.3) is 11.6 Å². The number of nitro benzene ring substituents is 1. The molecule has 0 atom stereocenters. The molecule has 1 heterocycles.